The molecule has 0 aromatic rings. The molecule has 0 fully saturated rings. The zero-order valence-electron chi connectivity index (χ0n) is 6.66. The number of hydrogen-bond donors (Lipinski definition) is 0. The third kappa shape index (κ3) is 2.75. The third-order valence-corrected chi connectivity index (χ3v) is 7.30. The van der Waals surface area contributed by atoms with Gasteiger partial charge in [-0.1, -0.05) is 30.3 Å². The molecule has 0 aliphatic carbocycles. The maximum absolute atomic E-state index is 10.5. The molecule has 0 aliphatic rings. The monoisotopic (exact) mass is 190 g/mol. The van der Waals surface area contributed by atoms with Crippen LogP contribution in [0.1, 0.15) is 0 Å². The van der Waals surface area contributed by atoms with E-state index in [2.05, 4.69) is 13.2 Å². The Morgan fingerprint density at radius 1 is 1.55 bits per heavy atom. The van der Waals surface area contributed by atoms with Gasteiger partial charge in [0, 0.05) is 0 Å². The molecule has 3 nitrogen and oxygen atoms in total. The molecular weight excluding hydrogens is 179 g/mol. The molecule has 0 radical (unpaired) electrons. The lowest BCUT2D eigenvalue weighted by Crippen LogP contribution is -2.31. The second-order valence-electron chi connectivity index (χ2n) is 2.87. The van der Waals surface area contributed by atoms with Gasteiger partial charge >= 0.3 is 0 Å². The Morgan fingerprint density at radius 3 is 2.00 bits per heavy atom. The van der Waals surface area contributed by atoms with Crippen molar-refractivity contribution in [3.8, 4) is 0 Å². The molecule has 0 bridgehead atoms. The van der Waals surface area contributed by atoms with Gasteiger partial charge in [0.1, 0.15) is 8.07 Å². The fourth-order valence-electron chi connectivity index (χ4n) is 0.471. The summed E-state index contributed by atoms with van der Waals surface area (Å²) in [4.78, 5) is 20.8. The van der Waals surface area contributed by atoms with E-state index in [4.69, 9.17) is 0 Å². The second-order valence-corrected chi connectivity index (χ2v) is 9.28. The first-order valence-corrected chi connectivity index (χ1v) is 7.69. The second kappa shape index (κ2) is 3.07. The van der Waals surface area contributed by atoms with Crippen LogP contribution in [0.15, 0.2) is 23.8 Å². The molecule has 0 N–H and O–H groups in total. The highest BCUT2D eigenvalue weighted by atomic mass is 31.2. The van der Waals surface area contributed by atoms with E-state index in [0.717, 1.165) is 0 Å². The third-order valence-electron chi connectivity index (χ3n) is 1.58. The first kappa shape index (κ1) is 10.8. The molecule has 0 spiro atoms. The topological polar surface area (TPSA) is 63.2 Å². The highest BCUT2D eigenvalue weighted by Gasteiger charge is 2.22. The first-order valence-electron chi connectivity index (χ1n) is 3.07. The number of hydrogen-bond acceptors (Lipinski definition) is 3. The van der Waals surface area contributed by atoms with E-state index in [1.54, 1.807) is 13.1 Å². The fourth-order valence-corrected chi connectivity index (χ4v) is 3.80. The molecule has 11 heavy (non-hydrogen) atoms. The molecule has 0 aromatic carbocycles. The highest BCUT2D eigenvalue weighted by Crippen LogP contribution is 2.40. The summed E-state index contributed by atoms with van der Waals surface area (Å²) in [5, 5.41) is 0. The van der Waals surface area contributed by atoms with Crippen molar-refractivity contribution in [1.29, 1.82) is 0 Å². The maximum atomic E-state index is 10.5. The summed E-state index contributed by atoms with van der Waals surface area (Å²) in [5.74, 6) is 0. The van der Waals surface area contributed by atoms with Crippen LogP contribution < -0.4 is 9.79 Å². The molecule has 0 atom stereocenters. The SMILES string of the molecule is C=C[Si](C)(C)C(=C)P(=O)([O-])[O-]. The van der Waals surface area contributed by atoms with Gasteiger partial charge in [0.15, 0.2) is 0 Å². The van der Waals surface area contributed by atoms with Crippen molar-refractivity contribution >= 4 is 15.7 Å². The van der Waals surface area contributed by atoms with Crippen molar-refractivity contribution < 1.29 is 14.4 Å². The number of rotatable bonds is 3. The lowest BCUT2D eigenvalue weighted by atomic mass is 11.2. The van der Waals surface area contributed by atoms with E-state index in [9.17, 15) is 14.4 Å². The maximum Gasteiger partial charge on any atom is 0.104 e. The summed E-state index contributed by atoms with van der Waals surface area (Å²) in [6.07, 6.45) is 0. The average Bonchev–Trinajstić information content (AvgIpc) is 1.84. The van der Waals surface area contributed by atoms with Gasteiger partial charge < -0.3 is 14.4 Å². The smallest absolute Gasteiger partial charge is 0.104 e. The molecule has 0 saturated carbocycles. The average molecular weight is 190 g/mol. The van der Waals surface area contributed by atoms with Gasteiger partial charge in [0.05, 0.1) is 0 Å². The highest BCUT2D eigenvalue weighted by molar-refractivity contribution is 7.58. The predicted molar refractivity (Wildman–Crippen MR) is 44.4 cm³/mol. The molecule has 0 heterocycles. The molecule has 0 aliphatic heterocycles. The van der Waals surface area contributed by atoms with Crippen LogP contribution in [0.2, 0.25) is 13.1 Å². The summed E-state index contributed by atoms with van der Waals surface area (Å²) in [7, 11) is -6.83. The van der Waals surface area contributed by atoms with E-state index >= 15 is 0 Å². The minimum atomic E-state index is -4.60. The molecule has 5 heteroatoms. The van der Waals surface area contributed by atoms with Gasteiger partial charge in [-0.3, -0.25) is 0 Å². The predicted octanol–water partition coefficient (Wildman–Crippen LogP) is 0.387. The van der Waals surface area contributed by atoms with E-state index in [1.807, 2.05) is 0 Å². The van der Waals surface area contributed by atoms with Gasteiger partial charge in [-0.05, 0) is 7.60 Å². The zero-order valence-corrected chi connectivity index (χ0v) is 8.56. The normalized spacial score (nSPS) is 12.7. The molecular formula is C6H11O3PSi-2. The van der Waals surface area contributed by atoms with Crippen molar-refractivity contribution in [2.24, 2.45) is 0 Å². The van der Waals surface area contributed by atoms with E-state index in [-0.39, 0.29) is 4.94 Å². The standard InChI is InChI=1S/C6H13O3PSi/c1-5-11(3,4)6(2)10(7,8)9/h5H,1-2H2,3-4H3,(H2,7,8,9)/p-2. The van der Waals surface area contributed by atoms with Crippen LogP contribution in [0.5, 0.6) is 0 Å². The molecule has 0 aromatic heterocycles. The van der Waals surface area contributed by atoms with Crippen molar-refractivity contribution in [2.75, 3.05) is 0 Å². The lowest BCUT2D eigenvalue weighted by molar-refractivity contribution is -0.309. The Hall–Kier alpha value is -0.153. The first-order chi connectivity index (χ1) is 4.72. The van der Waals surface area contributed by atoms with Crippen molar-refractivity contribution in [2.45, 2.75) is 13.1 Å². The van der Waals surface area contributed by atoms with Gasteiger partial charge in [0.2, 0.25) is 0 Å². The van der Waals surface area contributed by atoms with Gasteiger partial charge in [-0.25, -0.2) is 0 Å². The largest absolute Gasteiger partial charge is 0.808 e. The van der Waals surface area contributed by atoms with Crippen LogP contribution in [0, 0.1) is 0 Å². The van der Waals surface area contributed by atoms with Gasteiger partial charge in [-0.2, -0.15) is 0 Å². The fraction of sp³-hybridized carbons (Fsp3) is 0.333. The summed E-state index contributed by atoms with van der Waals surface area (Å²) in [6.45, 7) is 10.2. The minimum Gasteiger partial charge on any atom is -0.808 e. The Labute approximate surface area is 67.6 Å². The van der Waals surface area contributed by atoms with Crippen LogP contribution in [0.4, 0.5) is 0 Å². The summed E-state index contributed by atoms with van der Waals surface area (Å²) < 4.78 is 10.5. The molecule has 0 rings (SSSR count). The van der Waals surface area contributed by atoms with E-state index in [1.165, 1.54) is 5.70 Å². The molecule has 0 amide bonds. The van der Waals surface area contributed by atoms with Gasteiger partial charge in [0.25, 0.3) is 0 Å². The molecule has 0 unspecified atom stereocenters. The Balaban J connectivity index is 4.78. The molecule has 64 valence electrons. The summed E-state index contributed by atoms with van der Waals surface area (Å²) in [6, 6.07) is 0. The van der Waals surface area contributed by atoms with Crippen molar-refractivity contribution in [3.05, 3.63) is 23.8 Å². The Bertz CT molecular complexity index is 228. The van der Waals surface area contributed by atoms with Crippen molar-refractivity contribution in [3.63, 3.8) is 0 Å². The van der Waals surface area contributed by atoms with Crippen LogP contribution >= 0.6 is 7.60 Å². The van der Waals surface area contributed by atoms with Gasteiger partial charge in [-0.15, -0.1) is 6.58 Å². The van der Waals surface area contributed by atoms with Crippen LogP contribution in [0.25, 0.3) is 0 Å². The quantitative estimate of drug-likeness (QED) is 0.477. The summed E-state index contributed by atoms with van der Waals surface area (Å²) in [5.41, 5.74) is 1.53. The summed E-state index contributed by atoms with van der Waals surface area (Å²) >= 11 is 0. The van der Waals surface area contributed by atoms with Crippen LogP contribution in [0.3, 0.4) is 0 Å². The zero-order chi connectivity index (χ0) is 9.28. The van der Waals surface area contributed by atoms with E-state index in [0.29, 0.717) is 0 Å². The van der Waals surface area contributed by atoms with Crippen LogP contribution in [-0.4, -0.2) is 8.07 Å². The van der Waals surface area contributed by atoms with Crippen molar-refractivity contribution in [1.82, 2.24) is 0 Å². The Kier molecular flexibility index (Phi) is 3.03. The minimum absolute atomic E-state index is 0.181. The Morgan fingerprint density at radius 2 is 1.91 bits per heavy atom. The van der Waals surface area contributed by atoms with E-state index < -0.39 is 15.7 Å². The molecule has 0 saturated heterocycles. The lowest BCUT2D eigenvalue weighted by Gasteiger charge is -2.38. The van der Waals surface area contributed by atoms with Crippen LogP contribution in [-0.2, 0) is 4.57 Å².